The van der Waals surface area contributed by atoms with E-state index >= 15 is 0 Å². The molecule has 4 heterocycles. The lowest BCUT2D eigenvalue weighted by atomic mass is 9.80. The van der Waals surface area contributed by atoms with Crippen LogP contribution in [0, 0.1) is 5.41 Å². The molecule has 0 bridgehead atoms. The topological polar surface area (TPSA) is 67.3 Å². The molecule has 2 aliphatic heterocycles. The number of anilines is 1. The Morgan fingerprint density at radius 1 is 1.21 bits per heavy atom. The fourth-order valence-corrected chi connectivity index (χ4v) is 4.23. The van der Waals surface area contributed by atoms with Crippen LogP contribution in [0.5, 0.6) is 0 Å². The SMILES string of the molecule is c1cnc(N2CCOC[C@@]3(CCCN(Cc4csnn4)C3)C2)nc1. The maximum absolute atomic E-state index is 5.97. The second-order valence-electron chi connectivity index (χ2n) is 6.73. The molecule has 0 aromatic carbocycles. The first-order valence-corrected chi connectivity index (χ1v) is 9.25. The van der Waals surface area contributed by atoms with Crippen LogP contribution in [0.25, 0.3) is 0 Å². The fourth-order valence-electron chi connectivity index (χ4n) is 3.79. The van der Waals surface area contributed by atoms with E-state index in [0.717, 1.165) is 57.6 Å². The van der Waals surface area contributed by atoms with Crippen molar-refractivity contribution >= 4 is 17.5 Å². The lowest BCUT2D eigenvalue weighted by Gasteiger charge is -2.43. The molecule has 24 heavy (non-hydrogen) atoms. The summed E-state index contributed by atoms with van der Waals surface area (Å²) in [5.74, 6) is 0.809. The summed E-state index contributed by atoms with van der Waals surface area (Å²) in [5.41, 5.74) is 1.20. The molecule has 2 aliphatic rings. The number of rotatable bonds is 3. The molecule has 0 radical (unpaired) electrons. The molecule has 2 aromatic heterocycles. The third-order valence-corrected chi connectivity index (χ3v) is 5.36. The zero-order valence-electron chi connectivity index (χ0n) is 13.7. The number of nitrogens with zero attached hydrogens (tertiary/aromatic N) is 6. The number of aromatic nitrogens is 4. The van der Waals surface area contributed by atoms with Gasteiger partial charge in [-0.05, 0) is 37.0 Å². The van der Waals surface area contributed by atoms with Crippen LogP contribution in [0.3, 0.4) is 0 Å². The van der Waals surface area contributed by atoms with Crippen molar-refractivity contribution in [2.24, 2.45) is 5.41 Å². The van der Waals surface area contributed by atoms with E-state index < -0.39 is 0 Å². The molecule has 0 N–H and O–H groups in total. The second kappa shape index (κ2) is 7.08. The Morgan fingerprint density at radius 2 is 2.12 bits per heavy atom. The van der Waals surface area contributed by atoms with E-state index in [4.69, 9.17) is 4.74 Å². The molecule has 1 atom stereocenters. The number of hydrogen-bond donors (Lipinski definition) is 0. The van der Waals surface area contributed by atoms with E-state index in [1.54, 1.807) is 0 Å². The first-order valence-electron chi connectivity index (χ1n) is 8.41. The summed E-state index contributed by atoms with van der Waals surface area (Å²) in [7, 11) is 0. The highest BCUT2D eigenvalue weighted by molar-refractivity contribution is 7.03. The summed E-state index contributed by atoms with van der Waals surface area (Å²) >= 11 is 1.42. The Hall–Kier alpha value is -1.64. The van der Waals surface area contributed by atoms with Crippen molar-refractivity contribution in [3.05, 3.63) is 29.5 Å². The normalized spacial score (nSPS) is 25.8. The summed E-state index contributed by atoms with van der Waals surface area (Å²) in [5, 5.41) is 6.23. The average molecular weight is 346 g/mol. The van der Waals surface area contributed by atoms with Crippen molar-refractivity contribution in [1.82, 2.24) is 24.5 Å². The van der Waals surface area contributed by atoms with Gasteiger partial charge in [0, 0.05) is 49.4 Å². The van der Waals surface area contributed by atoms with E-state index in [-0.39, 0.29) is 5.41 Å². The second-order valence-corrected chi connectivity index (χ2v) is 7.34. The van der Waals surface area contributed by atoms with Crippen molar-refractivity contribution in [1.29, 1.82) is 0 Å². The molecule has 8 heteroatoms. The summed E-state index contributed by atoms with van der Waals surface area (Å²) < 4.78 is 9.95. The van der Waals surface area contributed by atoms with Crippen LogP contribution < -0.4 is 4.90 Å². The smallest absolute Gasteiger partial charge is 0.225 e. The average Bonchev–Trinajstić information content (AvgIpc) is 3.03. The van der Waals surface area contributed by atoms with Crippen LogP contribution in [-0.4, -0.2) is 63.8 Å². The van der Waals surface area contributed by atoms with E-state index in [1.165, 1.54) is 24.4 Å². The maximum atomic E-state index is 5.97. The van der Waals surface area contributed by atoms with E-state index in [0.29, 0.717) is 0 Å². The monoisotopic (exact) mass is 346 g/mol. The Bertz CT molecular complexity index is 639. The van der Waals surface area contributed by atoms with Gasteiger partial charge in [0.05, 0.1) is 18.9 Å². The zero-order chi connectivity index (χ0) is 16.2. The van der Waals surface area contributed by atoms with Crippen LogP contribution in [0.15, 0.2) is 23.8 Å². The van der Waals surface area contributed by atoms with Gasteiger partial charge in [-0.3, -0.25) is 4.90 Å². The van der Waals surface area contributed by atoms with Crippen molar-refractivity contribution in [2.75, 3.05) is 44.3 Å². The van der Waals surface area contributed by atoms with E-state index in [1.807, 2.05) is 23.8 Å². The van der Waals surface area contributed by atoms with Gasteiger partial charge in [-0.1, -0.05) is 4.49 Å². The van der Waals surface area contributed by atoms with Crippen molar-refractivity contribution in [3.63, 3.8) is 0 Å². The zero-order valence-corrected chi connectivity index (χ0v) is 14.5. The van der Waals surface area contributed by atoms with Gasteiger partial charge in [0.15, 0.2) is 0 Å². The largest absolute Gasteiger partial charge is 0.379 e. The van der Waals surface area contributed by atoms with E-state index in [9.17, 15) is 0 Å². The highest BCUT2D eigenvalue weighted by atomic mass is 32.1. The highest BCUT2D eigenvalue weighted by Gasteiger charge is 2.39. The van der Waals surface area contributed by atoms with Gasteiger partial charge in [0.2, 0.25) is 5.95 Å². The Balaban J connectivity index is 1.49. The minimum absolute atomic E-state index is 0.136. The molecular formula is C16H22N6OS. The van der Waals surface area contributed by atoms with Gasteiger partial charge in [-0.15, -0.1) is 5.10 Å². The molecule has 2 fully saturated rings. The minimum atomic E-state index is 0.136. The van der Waals surface area contributed by atoms with Crippen LogP contribution in [-0.2, 0) is 11.3 Å². The Kier molecular flexibility index (Phi) is 4.68. The molecule has 2 aromatic rings. The third kappa shape index (κ3) is 3.55. The van der Waals surface area contributed by atoms with Crippen LogP contribution in [0.2, 0.25) is 0 Å². The molecule has 4 rings (SSSR count). The minimum Gasteiger partial charge on any atom is -0.379 e. The molecule has 0 amide bonds. The van der Waals surface area contributed by atoms with Gasteiger partial charge in [-0.2, -0.15) is 0 Å². The van der Waals surface area contributed by atoms with Crippen molar-refractivity contribution in [2.45, 2.75) is 19.4 Å². The quantitative estimate of drug-likeness (QED) is 0.833. The number of piperidine rings is 1. The van der Waals surface area contributed by atoms with E-state index in [2.05, 4.69) is 29.4 Å². The first kappa shape index (κ1) is 15.9. The molecule has 0 unspecified atom stereocenters. The summed E-state index contributed by atoms with van der Waals surface area (Å²) in [6, 6.07) is 1.86. The molecule has 0 saturated carbocycles. The van der Waals surface area contributed by atoms with Gasteiger partial charge in [0.1, 0.15) is 0 Å². The van der Waals surface area contributed by atoms with Crippen LogP contribution in [0.4, 0.5) is 5.95 Å². The summed E-state index contributed by atoms with van der Waals surface area (Å²) in [6.07, 6.45) is 5.99. The predicted octanol–water partition coefficient (Wildman–Crippen LogP) is 1.45. The predicted molar refractivity (Wildman–Crippen MR) is 91.9 cm³/mol. The Morgan fingerprint density at radius 3 is 2.96 bits per heavy atom. The molecule has 128 valence electrons. The Labute approximate surface area is 145 Å². The maximum Gasteiger partial charge on any atom is 0.225 e. The third-order valence-electron chi connectivity index (χ3n) is 4.81. The number of hydrogen-bond acceptors (Lipinski definition) is 8. The highest BCUT2D eigenvalue weighted by Crippen LogP contribution is 2.34. The lowest BCUT2D eigenvalue weighted by Crippen LogP contribution is -2.50. The molecule has 1 spiro atoms. The van der Waals surface area contributed by atoms with Gasteiger partial charge in [-0.25, -0.2) is 9.97 Å². The van der Waals surface area contributed by atoms with Gasteiger partial charge >= 0.3 is 0 Å². The van der Waals surface area contributed by atoms with Crippen molar-refractivity contribution < 1.29 is 4.74 Å². The molecule has 0 aliphatic carbocycles. The standard InChI is InChI=1S/C16H22N6OS/c1-3-16(11-21(6-1)9-14-10-24-20-19-14)12-22(7-8-23-13-16)15-17-4-2-5-18-15/h2,4-5,10H,1,3,6-9,11-13H2/t16-/m1/s1. The van der Waals surface area contributed by atoms with Crippen LogP contribution in [0.1, 0.15) is 18.5 Å². The number of ether oxygens (including phenoxy) is 1. The first-order chi connectivity index (χ1) is 11.8. The summed E-state index contributed by atoms with van der Waals surface area (Å²) in [4.78, 5) is 13.6. The van der Waals surface area contributed by atoms with Crippen molar-refractivity contribution in [3.8, 4) is 0 Å². The lowest BCUT2D eigenvalue weighted by molar-refractivity contribution is 0.0103. The van der Waals surface area contributed by atoms with Gasteiger partial charge in [0.25, 0.3) is 0 Å². The molecular weight excluding hydrogens is 324 g/mol. The fraction of sp³-hybridized carbons (Fsp3) is 0.625. The van der Waals surface area contributed by atoms with Gasteiger partial charge < -0.3 is 9.64 Å². The van der Waals surface area contributed by atoms with Crippen LogP contribution >= 0.6 is 11.5 Å². The molecule has 2 saturated heterocycles. The molecule has 7 nitrogen and oxygen atoms in total. The summed E-state index contributed by atoms with van der Waals surface area (Å²) in [6.45, 7) is 6.35. The number of likely N-dealkylation sites (tertiary alicyclic amines) is 1.